The molecule has 6 nitrogen and oxygen atoms in total. The summed E-state index contributed by atoms with van der Waals surface area (Å²) in [7, 11) is 0. The van der Waals surface area contributed by atoms with Gasteiger partial charge < -0.3 is 14.9 Å². The van der Waals surface area contributed by atoms with Gasteiger partial charge in [-0.3, -0.25) is 4.79 Å². The number of aliphatic hydroxyl groups is 1. The lowest BCUT2D eigenvalue weighted by molar-refractivity contribution is -0.130. The number of amides is 1. The molecule has 1 amide bonds. The molecule has 7 heteroatoms. The number of anilines is 1. The van der Waals surface area contributed by atoms with E-state index >= 15 is 0 Å². The Morgan fingerprint density at radius 3 is 2.78 bits per heavy atom. The monoisotopic (exact) mass is 388 g/mol. The Hall–Kier alpha value is -2.18. The Labute approximate surface area is 164 Å². The fourth-order valence-electron chi connectivity index (χ4n) is 3.50. The smallest absolute Gasteiger partial charge is 0.226 e. The zero-order valence-corrected chi connectivity index (χ0v) is 16.3. The molecule has 0 radical (unpaired) electrons. The molecule has 0 spiro atoms. The molecule has 1 unspecified atom stereocenters. The van der Waals surface area contributed by atoms with Gasteiger partial charge >= 0.3 is 0 Å². The van der Waals surface area contributed by atoms with Crippen molar-refractivity contribution in [2.24, 2.45) is 0 Å². The minimum absolute atomic E-state index is 0.120. The largest absolute Gasteiger partial charge is 0.387 e. The lowest BCUT2D eigenvalue weighted by atomic mass is 10.1. The number of carbonyl (C=O) groups excluding carboxylic acids is 1. The van der Waals surface area contributed by atoms with Gasteiger partial charge in [-0.1, -0.05) is 35.9 Å². The SMILES string of the molecule is C=C/C(Cl)=C\C=C(/C)CC(=O)N1CCN(c2ncnc3c2CCC3O)CC1. The lowest BCUT2D eigenvalue weighted by Crippen LogP contribution is -2.49. The van der Waals surface area contributed by atoms with Gasteiger partial charge in [0.15, 0.2) is 0 Å². The first kappa shape index (κ1) is 19.6. The summed E-state index contributed by atoms with van der Waals surface area (Å²) in [5.74, 6) is 1.03. The highest BCUT2D eigenvalue weighted by atomic mass is 35.5. The summed E-state index contributed by atoms with van der Waals surface area (Å²) in [6.45, 7) is 8.31. The molecule has 1 saturated heterocycles. The number of aliphatic hydroxyl groups excluding tert-OH is 1. The second-order valence-electron chi connectivity index (χ2n) is 6.93. The minimum Gasteiger partial charge on any atom is -0.387 e. The van der Waals surface area contributed by atoms with E-state index in [1.54, 1.807) is 12.2 Å². The first-order chi connectivity index (χ1) is 13.0. The standard InChI is InChI=1S/C20H25ClN4O2/c1-3-15(21)5-4-14(2)12-18(27)24-8-10-25(11-9-24)20-16-6-7-17(26)19(16)22-13-23-20/h3-5,13,17,26H,1,6-12H2,2H3/b14-4+,15-5+. The van der Waals surface area contributed by atoms with Crippen LogP contribution >= 0.6 is 11.6 Å². The van der Waals surface area contributed by atoms with Crippen molar-refractivity contribution in [2.45, 2.75) is 32.3 Å². The number of fused-ring (bicyclic) bond motifs is 1. The summed E-state index contributed by atoms with van der Waals surface area (Å²) in [6, 6.07) is 0. The first-order valence-electron chi connectivity index (χ1n) is 9.19. The van der Waals surface area contributed by atoms with Gasteiger partial charge in [-0.25, -0.2) is 9.97 Å². The molecule has 1 aliphatic heterocycles. The van der Waals surface area contributed by atoms with E-state index in [1.807, 2.05) is 17.9 Å². The Morgan fingerprint density at radius 1 is 1.33 bits per heavy atom. The van der Waals surface area contributed by atoms with Crippen molar-refractivity contribution < 1.29 is 9.90 Å². The Kier molecular flexibility index (Phi) is 6.29. The van der Waals surface area contributed by atoms with Crippen LogP contribution in [0.25, 0.3) is 0 Å². The predicted molar refractivity (Wildman–Crippen MR) is 107 cm³/mol. The molecule has 3 rings (SSSR count). The van der Waals surface area contributed by atoms with Gasteiger partial charge in [-0.2, -0.15) is 0 Å². The van der Waals surface area contributed by atoms with E-state index in [0.717, 1.165) is 42.2 Å². The molecule has 1 aromatic rings. The first-order valence-corrected chi connectivity index (χ1v) is 9.57. The van der Waals surface area contributed by atoms with Crippen LogP contribution in [0.15, 0.2) is 41.7 Å². The van der Waals surface area contributed by atoms with E-state index in [1.165, 1.54) is 6.33 Å². The molecule has 1 N–H and O–H groups in total. The molecule has 1 aromatic heterocycles. The summed E-state index contributed by atoms with van der Waals surface area (Å²) in [4.78, 5) is 25.3. The molecule has 1 fully saturated rings. The van der Waals surface area contributed by atoms with Crippen LogP contribution in [-0.4, -0.2) is 52.1 Å². The lowest BCUT2D eigenvalue weighted by Gasteiger charge is -2.36. The molecule has 0 aromatic carbocycles. The zero-order chi connectivity index (χ0) is 19.4. The van der Waals surface area contributed by atoms with Crippen molar-refractivity contribution in [3.05, 3.63) is 53.0 Å². The summed E-state index contributed by atoms with van der Waals surface area (Å²) >= 11 is 5.89. The number of halogens is 1. The van der Waals surface area contributed by atoms with Gasteiger partial charge in [-0.15, -0.1) is 0 Å². The van der Waals surface area contributed by atoms with E-state index in [0.29, 0.717) is 31.0 Å². The molecule has 2 heterocycles. The van der Waals surface area contributed by atoms with Crippen LogP contribution in [0, 0.1) is 0 Å². The maximum absolute atomic E-state index is 12.5. The van der Waals surface area contributed by atoms with Gasteiger partial charge in [0.05, 0.1) is 11.8 Å². The van der Waals surface area contributed by atoms with Gasteiger partial charge in [0.1, 0.15) is 12.1 Å². The van der Waals surface area contributed by atoms with Crippen LogP contribution < -0.4 is 4.90 Å². The Morgan fingerprint density at radius 2 is 2.07 bits per heavy atom. The van der Waals surface area contributed by atoms with Crippen LogP contribution in [0.5, 0.6) is 0 Å². The van der Waals surface area contributed by atoms with Crippen LogP contribution in [-0.2, 0) is 11.2 Å². The third-order valence-electron chi connectivity index (χ3n) is 5.02. The van der Waals surface area contributed by atoms with Gasteiger partial charge in [-0.05, 0) is 25.8 Å². The number of aromatic nitrogens is 2. The molecule has 27 heavy (non-hydrogen) atoms. The van der Waals surface area contributed by atoms with E-state index in [2.05, 4.69) is 21.4 Å². The third kappa shape index (κ3) is 4.57. The van der Waals surface area contributed by atoms with Crippen LogP contribution in [0.2, 0.25) is 0 Å². The quantitative estimate of drug-likeness (QED) is 0.785. The fourth-order valence-corrected chi connectivity index (χ4v) is 3.56. The van der Waals surface area contributed by atoms with E-state index in [-0.39, 0.29) is 5.91 Å². The Bertz CT molecular complexity index is 782. The topological polar surface area (TPSA) is 69.6 Å². The number of piperazine rings is 1. The summed E-state index contributed by atoms with van der Waals surface area (Å²) in [6.07, 6.45) is 8.10. The molecule has 0 saturated carbocycles. The average Bonchev–Trinajstić information content (AvgIpc) is 3.07. The number of carbonyl (C=O) groups is 1. The maximum Gasteiger partial charge on any atom is 0.226 e. The highest BCUT2D eigenvalue weighted by Crippen LogP contribution is 2.34. The van der Waals surface area contributed by atoms with Gasteiger partial charge in [0, 0.05) is 43.2 Å². The van der Waals surface area contributed by atoms with E-state index in [9.17, 15) is 9.90 Å². The summed E-state index contributed by atoms with van der Waals surface area (Å²) < 4.78 is 0. The van der Waals surface area contributed by atoms with E-state index < -0.39 is 6.10 Å². The molecular weight excluding hydrogens is 364 g/mol. The second kappa shape index (κ2) is 8.67. The third-order valence-corrected chi connectivity index (χ3v) is 5.30. The van der Waals surface area contributed by atoms with Crippen molar-refractivity contribution >= 4 is 23.3 Å². The van der Waals surface area contributed by atoms with E-state index in [4.69, 9.17) is 11.6 Å². The molecule has 1 aliphatic carbocycles. The van der Waals surface area contributed by atoms with Gasteiger partial charge in [0.25, 0.3) is 0 Å². The van der Waals surface area contributed by atoms with Crippen molar-refractivity contribution in [3.8, 4) is 0 Å². The number of rotatable bonds is 5. The predicted octanol–water partition coefficient (Wildman–Crippen LogP) is 2.75. The zero-order valence-electron chi connectivity index (χ0n) is 15.6. The van der Waals surface area contributed by atoms with Crippen LogP contribution in [0.4, 0.5) is 5.82 Å². The second-order valence-corrected chi connectivity index (χ2v) is 7.37. The summed E-state index contributed by atoms with van der Waals surface area (Å²) in [5.41, 5.74) is 2.77. The molecule has 1 atom stereocenters. The molecule has 0 bridgehead atoms. The molecule has 144 valence electrons. The normalized spacial score (nSPS) is 20.6. The van der Waals surface area contributed by atoms with Gasteiger partial charge in [0.2, 0.25) is 5.91 Å². The number of hydrogen-bond donors (Lipinski definition) is 1. The number of allylic oxidation sites excluding steroid dienone is 4. The van der Waals surface area contributed by atoms with Crippen molar-refractivity contribution in [1.82, 2.24) is 14.9 Å². The van der Waals surface area contributed by atoms with Crippen LogP contribution in [0.1, 0.15) is 37.1 Å². The Balaban J connectivity index is 1.58. The highest BCUT2D eigenvalue weighted by Gasteiger charge is 2.29. The highest BCUT2D eigenvalue weighted by molar-refractivity contribution is 6.31. The van der Waals surface area contributed by atoms with Crippen molar-refractivity contribution in [3.63, 3.8) is 0 Å². The minimum atomic E-state index is -0.483. The maximum atomic E-state index is 12.5. The average molecular weight is 389 g/mol. The number of nitrogens with zero attached hydrogens (tertiary/aromatic N) is 4. The van der Waals surface area contributed by atoms with Crippen LogP contribution in [0.3, 0.4) is 0 Å². The summed E-state index contributed by atoms with van der Waals surface area (Å²) in [5, 5.41) is 10.6. The molecule has 2 aliphatic rings. The number of hydrogen-bond acceptors (Lipinski definition) is 5. The van der Waals surface area contributed by atoms with Crippen molar-refractivity contribution in [2.75, 3.05) is 31.1 Å². The molecular formula is C20H25ClN4O2. The fraction of sp³-hybridized carbons (Fsp3) is 0.450. The van der Waals surface area contributed by atoms with Crippen molar-refractivity contribution in [1.29, 1.82) is 0 Å².